The summed E-state index contributed by atoms with van der Waals surface area (Å²) in [7, 11) is 8.09. The molecule has 1 heterocycles. The van der Waals surface area contributed by atoms with Gasteiger partial charge in [-0.2, -0.15) is 0 Å². The third kappa shape index (κ3) is 16.2. The first kappa shape index (κ1) is 38.5. The lowest BCUT2D eigenvalue weighted by Gasteiger charge is -2.20. The van der Waals surface area contributed by atoms with Crippen LogP contribution in [-0.4, -0.2) is 76.9 Å². The van der Waals surface area contributed by atoms with Crippen LogP contribution in [0.3, 0.4) is 0 Å². The van der Waals surface area contributed by atoms with Gasteiger partial charge in [-0.1, -0.05) is 71.9 Å². The monoisotopic (exact) mass is 597 g/mol. The molecule has 0 unspecified atom stereocenters. The number of hydrogen-bond acceptors (Lipinski definition) is 6. The van der Waals surface area contributed by atoms with Gasteiger partial charge in [-0.3, -0.25) is 0 Å². The molecule has 0 bridgehead atoms. The maximum absolute atomic E-state index is 6.16. The summed E-state index contributed by atoms with van der Waals surface area (Å²) in [6.45, 7) is 17.3. The van der Waals surface area contributed by atoms with Crippen molar-refractivity contribution < 1.29 is 14.2 Å². The lowest BCUT2D eigenvalue weighted by Crippen LogP contribution is -2.32. The van der Waals surface area contributed by atoms with Gasteiger partial charge in [0.05, 0.1) is 13.2 Å². The first-order valence-electron chi connectivity index (χ1n) is 16.7. The Balaban J connectivity index is 0.00000174. The van der Waals surface area contributed by atoms with Crippen LogP contribution in [0.2, 0.25) is 0 Å². The number of aryl methyl sites for hydroxylation is 1. The van der Waals surface area contributed by atoms with Gasteiger partial charge in [0.25, 0.3) is 0 Å². The van der Waals surface area contributed by atoms with Gasteiger partial charge in [0.1, 0.15) is 23.0 Å². The molecule has 1 fully saturated rings. The van der Waals surface area contributed by atoms with Gasteiger partial charge in [-0.05, 0) is 96.8 Å². The molecule has 0 spiro atoms. The van der Waals surface area contributed by atoms with Crippen LogP contribution in [0.5, 0.6) is 17.2 Å². The molecule has 2 aromatic rings. The lowest BCUT2D eigenvalue weighted by molar-refractivity contribution is 0.242. The molecule has 1 atom stereocenters. The molecule has 0 aliphatic carbocycles. The first-order chi connectivity index (χ1) is 20.9. The van der Waals surface area contributed by atoms with Crippen molar-refractivity contribution in [1.82, 2.24) is 15.1 Å². The van der Waals surface area contributed by atoms with Crippen molar-refractivity contribution in [3.63, 3.8) is 0 Å². The SMILES string of the molecule is C=C(Oc1cc(OCCCN2CC[C@@H](N(C)C)C2)ccc1C)c1ccc(OCCCCCCCCC)cc1.CC.CNC. The standard InChI is InChI=1S/C33H50N2O3.C2H7N.C2H6/c1-6-7-8-9-10-11-12-23-36-31-18-15-29(16-19-31)28(3)38-33-25-32(17-14-27(33)2)37-24-13-21-35-22-20-30(26-35)34(4)5;1-3-2;1-2/h14-19,25,30H,3,6-13,20-24,26H2,1-2,4-5H3;3H,1-2H3;1-2H3/t30-;;/m1../s1. The zero-order valence-corrected chi connectivity index (χ0v) is 28.8. The molecule has 0 radical (unpaired) electrons. The van der Waals surface area contributed by atoms with Gasteiger partial charge in [0.2, 0.25) is 0 Å². The van der Waals surface area contributed by atoms with Crippen molar-refractivity contribution in [2.75, 3.05) is 61.0 Å². The molecule has 244 valence electrons. The number of unbranched alkanes of at least 4 members (excludes halogenated alkanes) is 6. The van der Waals surface area contributed by atoms with Gasteiger partial charge in [0.15, 0.2) is 0 Å². The average molecular weight is 598 g/mol. The van der Waals surface area contributed by atoms with E-state index in [1.807, 2.05) is 77.3 Å². The van der Waals surface area contributed by atoms with Gasteiger partial charge < -0.3 is 29.3 Å². The molecule has 2 aromatic carbocycles. The third-order valence-electron chi connectivity index (χ3n) is 7.45. The number of likely N-dealkylation sites (N-methyl/N-ethyl adjacent to an activating group) is 1. The largest absolute Gasteiger partial charge is 0.494 e. The molecule has 0 saturated carbocycles. The summed E-state index contributed by atoms with van der Waals surface area (Å²) in [4.78, 5) is 4.87. The van der Waals surface area contributed by atoms with Gasteiger partial charge in [-0.15, -0.1) is 0 Å². The molecule has 6 heteroatoms. The molecule has 1 aliphatic heterocycles. The van der Waals surface area contributed by atoms with Gasteiger partial charge in [-0.25, -0.2) is 0 Å². The van der Waals surface area contributed by atoms with Crippen molar-refractivity contribution in [1.29, 1.82) is 0 Å². The van der Waals surface area contributed by atoms with Crippen LogP contribution in [-0.2, 0) is 0 Å². The van der Waals surface area contributed by atoms with E-state index < -0.39 is 0 Å². The van der Waals surface area contributed by atoms with Crippen LogP contribution in [0.1, 0.15) is 89.7 Å². The van der Waals surface area contributed by atoms with Crippen molar-refractivity contribution in [2.24, 2.45) is 0 Å². The zero-order chi connectivity index (χ0) is 31.9. The molecule has 1 N–H and O–H groups in total. The summed E-state index contributed by atoms with van der Waals surface area (Å²) in [6, 6.07) is 14.7. The van der Waals surface area contributed by atoms with Crippen LogP contribution in [0.25, 0.3) is 5.76 Å². The maximum Gasteiger partial charge on any atom is 0.134 e. The first-order valence-corrected chi connectivity index (χ1v) is 16.7. The van der Waals surface area contributed by atoms with E-state index in [-0.39, 0.29) is 0 Å². The molecule has 3 rings (SSSR count). The Morgan fingerprint density at radius 3 is 2.09 bits per heavy atom. The predicted octanol–water partition coefficient (Wildman–Crippen LogP) is 8.44. The topological polar surface area (TPSA) is 46.2 Å². The van der Waals surface area contributed by atoms with Crippen LogP contribution in [0.4, 0.5) is 0 Å². The minimum absolute atomic E-state index is 0.619. The second kappa shape index (κ2) is 23.9. The highest BCUT2D eigenvalue weighted by molar-refractivity contribution is 5.61. The maximum atomic E-state index is 6.16. The summed E-state index contributed by atoms with van der Waals surface area (Å²) in [6.07, 6.45) is 11.3. The second-order valence-electron chi connectivity index (χ2n) is 11.4. The van der Waals surface area contributed by atoms with E-state index in [2.05, 4.69) is 42.7 Å². The lowest BCUT2D eigenvalue weighted by atomic mass is 10.1. The van der Waals surface area contributed by atoms with E-state index in [4.69, 9.17) is 14.2 Å². The fourth-order valence-corrected chi connectivity index (χ4v) is 4.87. The Bertz CT molecular complexity index is 978. The van der Waals surface area contributed by atoms with E-state index in [9.17, 15) is 0 Å². The van der Waals surface area contributed by atoms with Crippen LogP contribution in [0, 0.1) is 6.92 Å². The van der Waals surface area contributed by atoms with Crippen molar-refractivity contribution in [3.05, 3.63) is 60.2 Å². The quantitative estimate of drug-likeness (QED) is 0.137. The van der Waals surface area contributed by atoms with Crippen molar-refractivity contribution in [3.8, 4) is 17.2 Å². The highest BCUT2D eigenvalue weighted by Gasteiger charge is 2.23. The van der Waals surface area contributed by atoms with Crippen LogP contribution >= 0.6 is 0 Å². The molecule has 0 amide bonds. The van der Waals surface area contributed by atoms with E-state index in [0.717, 1.165) is 60.9 Å². The highest BCUT2D eigenvalue weighted by Crippen LogP contribution is 2.29. The summed E-state index contributed by atoms with van der Waals surface area (Å²) in [5.74, 6) is 3.12. The van der Waals surface area contributed by atoms with Crippen LogP contribution < -0.4 is 19.5 Å². The van der Waals surface area contributed by atoms with Gasteiger partial charge in [0, 0.05) is 30.8 Å². The Labute approximate surface area is 264 Å². The van der Waals surface area contributed by atoms with Crippen molar-refractivity contribution >= 4 is 5.76 Å². The summed E-state index contributed by atoms with van der Waals surface area (Å²) in [5, 5.41) is 2.75. The second-order valence-corrected chi connectivity index (χ2v) is 11.4. The van der Waals surface area contributed by atoms with E-state index in [1.54, 1.807) is 0 Å². The number of ether oxygens (including phenoxy) is 3. The Hall–Kier alpha value is -2.54. The minimum atomic E-state index is 0.619. The third-order valence-corrected chi connectivity index (χ3v) is 7.45. The number of benzene rings is 2. The highest BCUT2D eigenvalue weighted by atomic mass is 16.5. The normalized spacial score (nSPS) is 14.4. The van der Waals surface area contributed by atoms with Crippen molar-refractivity contribution in [2.45, 2.75) is 91.5 Å². The van der Waals surface area contributed by atoms with E-state index >= 15 is 0 Å². The average Bonchev–Trinajstić information content (AvgIpc) is 3.49. The number of nitrogens with zero attached hydrogens (tertiary/aromatic N) is 2. The smallest absolute Gasteiger partial charge is 0.134 e. The fraction of sp³-hybridized carbons (Fsp3) is 0.622. The molecule has 1 aliphatic rings. The summed E-state index contributed by atoms with van der Waals surface area (Å²) < 4.78 is 18.1. The molecule has 43 heavy (non-hydrogen) atoms. The minimum Gasteiger partial charge on any atom is -0.494 e. The Morgan fingerprint density at radius 2 is 1.47 bits per heavy atom. The zero-order valence-electron chi connectivity index (χ0n) is 28.8. The molecular weight excluding hydrogens is 534 g/mol. The fourth-order valence-electron chi connectivity index (χ4n) is 4.87. The molecule has 1 saturated heterocycles. The molecule has 6 nitrogen and oxygen atoms in total. The Kier molecular flexibility index (Phi) is 21.4. The summed E-state index contributed by atoms with van der Waals surface area (Å²) >= 11 is 0. The number of likely N-dealkylation sites (tertiary alicyclic amines) is 1. The Morgan fingerprint density at radius 1 is 0.884 bits per heavy atom. The number of rotatable bonds is 18. The number of nitrogens with one attached hydrogen (secondary N) is 1. The summed E-state index contributed by atoms with van der Waals surface area (Å²) in [5.41, 5.74) is 2.00. The number of hydrogen-bond donors (Lipinski definition) is 1. The molecular formula is C37H63N3O3. The van der Waals surface area contributed by atoms with E-state index in [1.165, 1.54) is 51.5 Å². The van der Waals surface area contributed by atoms with Crippen LogP contribution in [0.15, 0.2) is 49.0 Å². The van der Waals surface area contributed by atoms with Gasteiger partial charge >= 0.3 is 0 Å². The molecule has 0 aromatic heterocycles. The van der Waals surface area contributed by atoms with E-state index in [0.29, 0.717) is 18.4 Å². The predicted molar refractivity (Wildman–Crippen MR) is 186 cm³/mol.